The van der Waals surface area contributed by atoms with E-state index >= 15 is 0 Å². The highest BCUT2D eigenvalue weighted by Gasteiger charge is 2.27. The van der Waals surface area contributed by atoms with Crippen LogP contribution in [0.5, 0.6) is 0 Å². The highest BCUT2D eigenvalue weighted by Crippen LogP contribution is 2.20. The van der Waals surface area contributed by atoms with E-state index in [9.17, 15) is 0 Å². The van der Waals surface area contributed by atoms with E-state index in [2.05, 4.69) is 9.88 Å². The van der Waals surface area contributed by atoms with Gasteiger partial charge in [-0.2, -0.15) is 0 Å². The van der Waals surface area contributed by atoms with Gasteiger partial charge in [0.25, 0.3) is 0 Å². The molecule has 14 heavy (non-hydrogen) atoms. The Balaban J connectivity index is 1.90. The molecule has 1 fully saturated rings. The molecule has 1 aromatic rings. The van der Waals surface area contributed by atoms with Crippen LogP contribution >= 0.6 is 0 Å². The summed E-state index contributed by atoms with van der Waals surface area (Å²) in [6, 6.07) is 0. The molecule has 0 bridgehead atoms. The molecule has 0 radical (unpaired) electrons. The number of aromatic nitrogens is 1. The summed E-state index contributed by atoms with van der Waals surface area (Å²) >= 11 is 0. The second kappa shape index (κ2) is 3.71. The van der Waals surface area contributed by atoms with Crippen molar-refractivity contribution < 1.29 is 9.52 Å². The van der Waals surface area contributed by atoms with E-state index < -0.39 is 0 Å². The lowest BCUT2D eigenvalue weighted by atomic mass is 10.0. The first kappa shape index (κ1) is 9.68. The molecule has 0 aromatic carbocycles. The van der Waals surface area contributed by atoms with E-state index in [-0.39, 0.29) is 0 Å². The minimum Gasteiger partial charge on any atom is -0.444 e. The number of likely N-dealkylation sites (tertiary alicyclic amines) is 1. The average molecular weight is 196 g/mol. The Morgan fingerprint density at radius 1 is 1.50 bits per heavy atom. The van der Waals surface area contributed by atoms with Crippen LogP contribution in [0.1, 0.15) is 17.3 Å². The number of oxazole rings is 1. The summed E-state index contributed by atoms with van der Waals surface area (Å²) in [6.45, 7) is 6.89. The summed E-state index contributed by atoms with van der Waals surface area (Å²) in [5.74, 6) is 2.15. The molecule has 1 aliphatic rings. The molecule has 0 atom stereocenters. The summed E-state index contributed by atoms with van der Waals surface area (Å²) in [5, 5.41) is 8.87. The minimum atomic E-state index is 0.297. The van der Waals surface area contributed by atoms with Crippen LogP contribution in [0, 0.1) is 19.8 Å². The molecule has 4 nitrogen and oxygen atoms in total. The number of hydrogen-bond donors (Lipinski definition) is 1. The number of aliphatic hydroxyl groups excluding tert-OH is 1. The second-order valence-corrected chi connectivity index (χ2v) is 3.98. The lowest BCUT2D eigenvalue weighted by Crippen LogP contribution is -2.47. The third-order valence-corrected chi connectivity index (χ3v) is 2.66. The quantitative estimate of drug-likeness (QED) is 0.773. The van der Waals surface area contributed by atoms with Crippen molar-refractivity contribution in [1.82, 2.24) is 9.88 Å². The van der Waals surface area contributed by atoms with Crippen molar-refractivity contribution in [2.75, 3.05) is 19.7 Å². The highest BCUT2D eigenvalue weighted by molar-refractivity contribution is 5.07. The number of rotatable bonds is 3. The van der Waals surface area contributed by atoms with E-state index in [4.69, 9.17) is 9.52 Å². The van der Waals surface area contributed by atoms with Gasteiger partial charge in [0.1, 0.15) is 5.76 Å². The first-order valence-electron chi connectivity index (χ1n) is 4.95. The van der Waals surface area contributed by atoms with Crippen molar-refractivity contribution in [3.8, 4) is 0 Å². The third kappa shape index (κ3) is 1.81. The van der Waals surface area contributed by atoms with Gasteiger partial charge in [-0.25, -0.2) is 4.98 Å². The molecule has 78 valence electrons. The number of aliphatic hydroxyl groups is 1. The van der Waals surface area contributed by atoms with Crippen LogP contribution in [0.2, 0.25) is 0 Å². The van der Waals surface area contributed by atoms with Gasteiger partial charge >= 0.3 is 0 Å². The Labute approximate surface area is 83.5 Å². The van der Waals surface area contributed by atoms with Crippen molar-refractivity contribution in [2.45, 2.75) is 20.4 Å². The lowest BCUT2D eigenvalue weighted by Gasteiger charge is -2.37. The van der Waals surface area contributed by atoms with Crippen molar-refractivity contribution >= 4 is 0 Å². The standard InChI is InChI=1S/C10H16N2O2/c1-7-10(14-8(2)11-7)5-12-3-9(4-12)6-13/h9,13H,3-6H2,1-2H3. The van der Waals surface area contributed by atoms with Crippen molar-refractivity contribution in [2.24, 2.45) is 5.92 Å². The second-order valence-electron chi connectivity index (χ2n) is 3.98. The predicted molar refractivity (Wildman–Crippen MR) is 51.8 cm³/mol. The van der Waals surface area contributed by atoms with Gasteiger partial charge in [-0.1, -0.05) is 0 Å². The Hall–Kier alpha value is -0.870. The van der Waals surface area contributed by atoms with Gasteiger partial charge in [0, 0.05) is 32.5 Å². The third-order valence-electron chi connectivity index (χ3n) is 2.66. The molecule has 0 amide bonds. The fraction of sp³-hybridized carbons (Fsp3) is 0.700. The van der Waals surface area contributed by atoms with Crippen LogP contribution in [0.4, 0.5) is 0 Å². The fourth-order valence-corrected chi connectivity index (χ4v) is 1.84. The van der Waals surface area contributed by atoms with Crippen LogP contribution in [0.15, 0.2) is 4.42 Å². The molecule has 2 rings (SSSR count). The smallest absolute Gasteiger partial charge is 0.191 e. The number of aryl methyl sites for hydroxylation is 2. The maximum atomic E-state index is 8.87. The predicted octanol–water partition coefficient (Wildman–Crippen LogP) is 0.716. The summed E-state index contributed by atoms with van der Waals surface area (Å²) in [5.41, 5.74) is 0.981. The molecule has 0 unspecified atom stereocenters. The van der Waals surface area contributed by atoms with Crippen molar-refractivity contribution in [1.29, 1.82) is 0 Å². The first-order valence-corrected chi connectivity index (χ1v) is 4.95. The largest absolute Gasteiger partial charge is 0.444 e. The Morgan fingerprint density at radius 3 is 2.71 bits per heavy atom. The molecule has 1 N–H and O–H groups in total. The summed E-state index contributed by atoms with van der Waals surface area (Å²) < 4.78 is 5.47. The first-order chi connectivity index (χ1) is 6.69. The minimum absolute atomic E-state index is 0.297. The molecular formula is C10H16N2O2. The van der Waals surface area contributed by atoms with E-state index in [1.165, 1.54) is 0 Å². The zero-order chi connectivity index (χ0) is 10.1. The molecule has 2 heterocycles. The molecule has 0 spiro atoms. The maximum absolute atomic E-state index is 8.87. The summed E-state index contributed by atoms with van der Waals surface area (Å²) in [6.07, 6.45) is 0. The monoisotopic (exact) mass is 196 g/mol. The van der Waals surface area contributed by atoms with Crippen molar-refractivity contribution in [3.63, 3.8) is 0 Å². The van der Waals surface area contributed by atoms with Gasteiger partial charge < -0.3 is 9.52 Å². The maximum Gasteiger partial charge on any atom is 0.191 e. The van der Waals surface area contributed by atoms with Gasteiger partial charge in [0.15, 0.2) is 5.89 Å². The molecule has 0 aliphatic carbocycles. The van der Waals surface area contributed by atoms with Crippen molar-refractivity contribution in [3.05, 3.63) is 17.3 Å². The van der Waals surface area contributed by atoms with E-state index in [1.807, 2.05) is 13.8 Å². The van der Waals surface area contributed by atoms with Gasteiger partial charge in [-0.15, -0.1) is 0 Å². The zero-order valence-electron chi connectivity index (χ0n) is 8.66. The van der Waals surface area contributed by atoms with Gasteiger partial charge in [0.05, 0.1) is 12.2 Å². The van der Waals surface area contributed by atoms with Crippen LogP contribution in [0.25, 0.3) is 0 Å². The van der Waals surface area contributed by atoms with Crippen LogP contribution in [-0.2, 0) is 6.54 Å². The molecule has 0 saturated carbocycles. The topological polar surface area (TPSA) is 49.5 Å². The molecular weight excluding hydrogens is 180 g/mol. The van der Waals surface area contributed by atoms with Crippen LogP contribution in [-0.4, -0.2) is 34.7 Å². The molecule has 1 aliphatic heterocycles. The lowest BCUT2D eigenvalue weighted by molar-refractivity contribution is 0.0426. The normalized spacial score (nSPS) is 18.5. The molecule has 1 saturated heterocycles. The Bertz CT molecular complexity index is 316. The molecule has 1 aromatic heterocycles. The average Bonchev–Trinajstić information content (AvgIpc) is 2.37. The Kier molecular flexibility index (Phi) is 2.56. The zero-order valence-corrected chi connectivity index (χ0v) is 8.66. The number of hydrogen-bond acceptors (Lipinski definition) is 4. The Morgan fingerprint density at radius 2 is 2.21 bits per heavy atom. The van der Waals surface area contributed by atoms with Crippen LogP contribution in [0.3, 0.4) is 0 Å². The SMILES string of the molecule is Cc1nc(C)c(CN2CC(CO)C2)o1. The van der Waals surface area contributed by atoms with Gasteiger partial charge in [0.2, 0.25) is 0 Å². The number of nitrogens with zero attached hydrogens (tertiary/aromatic N) is 2. The van der Waals surface area contributed by atoms with Gasteiger partial charge in [-0.3, -0.25) is 4.90 Å². The summed E-state index contributed by atoms with van der Waals surface area (Å²) in [4.78, 5) is 6.48. The van der Waals surface area contributed by atoms with Gasteiger partial charge in [-0.05, 0) is 6.92 Å². The summed E-state index contributed by atoms with van der Waals surface area (Å²) in [7, 11) is 0. The van der Waals surface area contributed by atoms with E-state index in [0.29, 0.717) is 12.5 Å². The van der Waals surface area contributed by atoms with E-state index in [0.717, 1.165) is 37.0 Å². The highest BCUT2D eigenvalue weighted by atomic mass is 16.4. The molecule has 4 heteroatoms. The van der Waals surface area contributed by atoms with E-state index in [1.54, 1.807) is 0 Å². The van der Waals surface area contributed by atoms with Crippen LogP contribution < -0.4 is 0 Å². The fourth-order valence-electron chi connectivity index (χ4n) is 1.84.